The minimum absolute atomic E-state index is 0.0928. The number of hydrogen-bond acceptors (Lipinski definition) is 4. The summed E-state index contributed by atoms with van der Waals surface area (Å²) in [5, 5.41) is 7.94. The Labute approximate surface area is 126 Å². The number of rotatable bonds is 4. The molecule has 2 aromatic heterocycles. The quantitative estimate of drug-likeness (QED) is 0.939. The Hall–Kier alpha value is -1.75. The molecule has 5 nitrogen and oxygen atoms in total. The molecule has 0 unspecified atom stereocenters. The van der Waals surface area contributed by atoms with E-state index in [1.165, 1.54) is 5.56 Å². The highest BCUT2D eigenvalue weighted by molar-refractivity contribution is 5.31. The van der Waals surface area contributed by atoms with Crippen LogP contribution in [0.2, 0.25) is 0 Å². The second kappa shape index (κ2) is 5.93. The number of aromatic nitrogens is 4. The number of aryl methyl sites for hydroxylation is 3. The maximum atomic E-state index is 4.67. The summed E-state index contributed by atoms with van der Waals surface area (Å²) < 4.78 is 1.81. The molecule has 2 aromatic rings. The van der Waals surface area contributed by atoms with Crippen LogP contribution < -0.4 is 5.32 Å². The first-order chi connectivity index (χ1) is 9.78. The molecule has 21 heavy (non-hydrogen) atoms. The van der Waals surface area contributed by atoms with E-state index in [-0.39, 0.29) is 5.54 Å². The van der Waals surface area contributed by atoms with Gasteiger partial charge in [0, 0.05) is 17.8 Å². The maximum Gasteiger partial charge on any atom is 0.156 e. The zero-order valence-electron chi connectivity index (χ0n) is 13.9. The van der Waals surface area contributed by atoms with Gasteiger partial charge < -0.3 is 5.32 Å². The Kier molecular flexibility index (Phi) is 4.42. The van der Waals surface area contributed by atoms with Gasteiger partial charge in [-0.2, -0.15) is 4.68 Å². The van der Waals surface area contributed by atoms with Crippen LogP contribution in [0.5, 0.6) is 0 Å². The molecular formula is C16H25N5. The van der Waals surface area contributed by atoms with Gasteiger partial charge >= 0.3 is 0 Å². The van der Waals surface area contributed by atoms with Crippen LogP contribution in [-0.4, -0.2) is 25.3 Å². The van der Waals surface area contributed by atoms with Crippen LogP contribution >= 0.6 is 0 Å². The molecule has 0 aliphatic rings. The lowest BCUT2D eigenvalue weighted by atomic mass is 10.1. The van der Waals surface area contributed by atoms with E-state index in [0.717, 1.165) is 36.1 Å². The number of hydrogen-bond donors (Lipinski definition) is 1. The molecule has 0 saturated carbocycles. The molecule has 0 aliphatic heterocycles. The summed E-state index contributed by atoms with van der Waals surface area (Å²) in [6, 6.07) is 4.24. The molecule has 0 fully saturated rings. The third-order valence-corrected chi connectivity index (χ3v) is 3.20. The fourth-order valence-corrected chi connectivity index (χ4v) is 2.13. The van der Waals surface area contributed by atoms with Gasteiger partial charge in [0.2, 0.25) is 0 Å². The SMILES string of the molecule is CCc1cc(CNC(C)(C)C)cc(-n2nc(C)nc2C)n1. The summed E-state index contributed by atoms with van der Waals surface area (Å²) in [5.41, 5.74) is 2.39. The first-order valence-electron chi connectivity index (χ1n) is 7.44. The first kappa shape index (κ1) is 15.6. The predicted octanol–water partition coefficient (Wildman–Crippen LogP) is 2.73. The molecule has 2 heterocycles. The average Bonchev–Trinajstić information content (AvgIpc) is 2.74. The Morgan fingerprint density at radius 1 is 1.14 bits per heavy atom. The van der Waals surface area contributed by atoms with E-state index < -0.39 is 0 Å². The van der Waals surface area contributed by atoms with Crippen LogP contribution in [0, 0.1) is 13.8 Å². The molecule has 0 saturated heterocycles. The van der Waals surface area contributed by atoms with E-state index in [2.05, 4.69) is 60.2 Å². The lowest BCUT2D eigenvalue weighted by molar-refractivity contribution is 0.424. The van der Waals surface area contributed by atoms with Crippen molar-refractivity contribution >= 4 is 0 Å². The highest BCUT2D eigenvalue weighted by atomic mass is 15.4. The summed E-state index contributed by atoms with van der Waals surface area (Å²) >= 11 is 0. The molecule has 114 valence electrons. The van der Waals surface area contributed by atoms with E-state index in [4.69, 9.17) is 0 Å². The van der Waals surface area contributed by atoms with Crippen molar-refractivity contribution < 1.29 is 0 Å². The summed E-state index contributed by atoms with van der Waals surface area (Å²) in [6.07, 6.45) is 0.906. The monoisotopic (exact) mass is 287 g/mol. The van der Waals surface area contributed by atoms with Crippen molar-refractivity contribution in [3.8, 4) is 5.82 Å². The van der Waals surface area contributed by atoms with Crippen LogP contribution in [-0.2, 0) is 13.0 Å². The third kappa shape index (κ3) is 4.11. The molecule has 1 N–H and O–H groups in total. The summed E-state index contributed by atoms with van der Waals surface area (Å²) in [4.78, 5) is 9.03. The molecule has 5 heteroatoms. The van der Waals surface area contributed by atoms with Crippen molar-refractivity contribution in [1.29, 1.82) is 0 Å². The Morgan fingerprint density at radius 3 is 2.38 bits per heavy atom. The van der Waals surface area contributed by atoms with Crippen LogP contribution in [0.3, 0.4) is 0 Å². The minimum atomic E-state index is 0.0928. The zero-order valence-corrected chi connectivity index (χ0v) is 13.9. The molecule has 0 spiro atoms. The average molecular weight is 287 g/mol. The van der Waals surface area contributed by atoms with Gasteiger partial charge in [-0.25, -0.2) is 9.97 Å². The Balaban J connectivity index is 2.36. The van der Waals surface area contributed by atoms with Gasteiger partial charge in [-0.3, -0.25) is 0 Å². The van der Waals surface area contributed by atoms with Crippen LogP contribution in [0.1, 0.15) is 50.6 Å². The Morgan fingerprint density at radius 2 is 1.86 bits per heavy atom. The Bertz CT molecular complexity index is 622. The van der Waals surface area contributed by atoms with Gasteiger partial charge in [0.15, 0.2) is 5.82 Å². The van der Waals surface area contributed by atoms with E-state index in [1.807, 2.05) is 18.5 Å². The van der Waals surface area contributed by atoms with E-state index in [0.29, 0.717) is 0 Å². The lowest BCUT2D eigenvalue weighted by Crippen LogP contribution is -2.35. The predicted molar refractivity (Wildman–Crippen MR) is 84.6 cm³/mol. The van der Waals surface area contributed by atoms with Crippen LogP contribution in [0.25, 0.3) is 5.82 Å². The number of pyridine rings is 1. The highest BCUT2D eigenvalue weighted by Gasteiger charge is 2.12. The third-order valence-electron chi connectivity index (χ3n) is 3.20. The molecule has 0 aromatic carbocycles. The van der Waals surface area contributed by atoms with Crippen molar-refractivity contribution in [1.82, 2.24) is 25.1 Å². The summed E-state index contributed by atoms with van der Waals surface area (Å²) in [5.74, 6) is 2.48. The summed E-state index contributed by atoms with van der Waals surface area (Å²) in [6.45, 7) is 13.3. The van der Waals surface area contributed by atoms with Crippen LogP contribution in [0.4, 0.5) is 0 Å². The van der Waals surface area contributed by atoms with Gasteiger partial charge in [0.05, 0.1) is 0 Å². The van der Waals surface area contributed by atoms with E-state index in [1.54, 1.807) is 0 Å². The molecule has 0 aliphatic carbocycles. The minimum Gasteiger partial charge on any atom is -0.308 e. The molecule has 0 bridgehead atoms. The van der Waals surface area contributed by atoms with Crippen molar-refractivity contribution in [2.45, 2.75) is 60.0 Å². The van der Waals surface area contributed by atoms with Crippen molar-refractivity contribution in [3.63, 3.8) is 0 Å². The second-order valence-corrected chi connectivity index (χ2v) is 6.40. The normalized spacial score (nSPS) is 11.9. The standard InChI is InChI=1S/C16H25N5/c1-7-14-8-13(10-17-16(4,5)6)9-15(19-14)21-12(3)18-11(2)20-21/h8-9,17H,7,10H2,1-6H3. The largest absolute Gasteiger partial charge is 0.308 e. The molecule has 0 amide bonds. The fraction of sp³-hybridized carbons (Fsp3) is 0.562. The van der Waals surface area contributed by atoms with Crippen molar-refractivity contribution in [2.24, 2.45) is 0 Å². The topological polar surface area (TPSA) is 55.6 Å². The van der Waals surface area contributed by atoms with Gasteiger partial charge in [0.25, 0.3) is 0 Å². The lowest BCUT2D eigenvalue weighted by Gasteiger charge is -2.21. The molecule has 0 radical (unpaired) electrons. The fourth-order valence-electron chi connectivity index (χ4n) is 2.13. The van der Waals surface area contributed by atoms with Gasteiger partial charge in [-0.05, 0) is 58.7 Å². The second-order valence-electron chi connectivity index (χ2n) is 6.40. The molecule has 2 rings (SSSR count). The number of nitrogens with zero attached hydrogens (tertiary/aromatic N) is 4. The smallest absolute Gasteiger partial charge is 0.156 e. The molecular weight excluding hydrogens is 262 g/mol. The van der Waals surface area contributed by atoms with Gasteiger partial charge in [0.1, 0.15) is 11.6 Å². The summed E-state index contributed by atoms with van der Waals surface area (Å²) in [7, 11) is 0. The van der Waals surface area contributed by atoms with Gasteiger partial charge in [-0.15, -0.1) is 5.10 Å². The van der Waals surface area contributed by atoms with E-state index in [9.17, 15) is 0 Å². The number of nitrogens with one attached hydrogen (secondary N) is 1. The maximum absolute atomic E-state index is 4.67. The molecule has 0 atom stereocenters. The van der Waals surface area contributed by atoms with E-state index >= 15 is 0 Å². The van der Waals surface area contributed by atoms with Gasteiger partial charge in [-0.1, -0.05) is 6.92 Å². The van der Waals surface area contributed by atoms with Crippen molar-refractivity contribution in [2.75, 3.05) is 0 Å². The zero-order chi connectivity index (χ0) is 15.6. The first-order valence-corrected chi connectivity index (χ1v) is 7.44. The van der Waals surface area contributed by atoms with Crippen molar-refractivity contribution in [3.05, 3.63) is 35.0 Å². The highest BCUT2D eigenvalue weighted by Crippen LogP contribution is 2.13. The van der Waals surface area contributed by atoms with Crippen LogP contribution in [0.15, 0.2) is 12.1 Å².